The normalized spacial score (nSPS) is 12.0. The maximum absolute atomic E-state index is 13.1. The predicted molar refractivity (Wildman–Crippen MR) is 91.4 cm³/mol. The second-order valence-electron chi connectivity index (χ2n) is 5.43. The van der Waals surface area contributed by atoms with Crippen molar-refractivity contribution in [2.24, 2.45) is 0 Å². The molecule has 0 radical (unpaired) electrons. The fourth-order valence-corrected chi connectivity index (χ4v) is 4.15. The Balaban J connectivity index is 2.08. The Labute approximate surface area is 141 Å². The van der Waals surface area contributed by atoms with Crippen molar-refractivity contribution in [2.45, 2.75) is 9.79 Å². The second kappa shape index (κ2) is 5.15. The molecule has 126 valence electrons. The first kappa shape index (κ1) is 15.3. The van der Waals surface area contributed by atoms with Gasteiger partial charge in [0, 0.05) is 0 Å². The average molecular weight is 357 g/mol. The van der Waals surface area contributed by atoms with Crippen LogP contribution in [0.15, 0.2) is 58.3 Å². The number of hydrogen-bond donors (Lipinski definition) is 2. The third-order valence-corrected chi connectivity index (χ3v) is 5.71. The van der Waals surface area contributed by atoms with Crippen LogP contribution in [0, 0.1) is 5.82 Å². The third-order valence-electron chi connectivity index (χ3n) is 3.88. The highest BCUT2D eigenvalue weighted by atomic mass is 32.2. The maximum atomic E-state index is 13.1. The van der Waals surface area contributed by atoms with Crippen molar-refractivity contribution in [3.05, 3.63) is 54.3 Å². The van der Waals surface area contributed by atoms with Gasteiger partial charge in [-0.25, -0.2) is 27.5 Å². The molecule has 0 spiro atoms. The van der Waals surface area contributed by atoms with Crippen LogP contribution in [0.4, 0.5) is 10.2 Å². The minimum Gasteiger partial charge on any atom is -0.382 e. The molecule has 0 aliphatic carbocycles. The highest BCUT2D eigenvalue weighted by Gasteiger charge is 2.29. The van der Waals surface area contributed by atoms with Gasteiger partial charge >= 0.3 is 0 Å². The summed E-state index contributed by atoms with van der Waals surface area (Å²) in [6.45, 7) is 0. The summed E-state index contributed by atoms with van der Waals surface area (Å²) in [6, 6.07) is 11.4. The quantitative estimate of drug-likeness (QED) is 0.418. The van der Waals surface area contributed by atoms with Crippen molar-refractivity contribution >= 4 is 37.9 Å². The summed E-state index contributed by atoms with van der Waals surface area (Å²) < 4.78 is 40.1. The number of rotatable bonds is 2. The average Bonchev–Trinajstić information content (AvgIpc) is 2.84. The molecule has 7 nitrogen and oxygen atoms in total. The SMILES string of the molecule is Nc1c(S(=O)(=O)c2ccc(F)cc2)c2nc3ccccc3nc2n1N. The molecule has 2 heterocycles. The van der Waals surface area contributed by atoms with E-state index in [4.69, 9.17) is 11.6 Å². The van der Waals surface area contributed by atoms with E-state index in [-0.39, 0.29) is 26.8 Å². The summed E-state index contributed by atoms with van der Waals surface area (Å²) in [6.07, 6.45) is 0. The monoisotopic (exact) mass is 357 g/mol. The zero-order valence-electron chi connectivity index (χ0n) is 12.7. The minimum atomic E-state index is -4.06. The van der Waals surface area contributed by atoms with Gasteiger partial charge in [-0.3, -0.25) is 0 Å². The first-order valence-corrected chi connectivity index (χ1v) is 8.70. The number of nitrogen functional groups attached to an aromatic ring is 2. The zero-order chi connectivity index (χ0) is 17.8. The van der Waals surface area contributed by atoms with Crippen LogP contribution in [0.25, 0.3) is 22.2 Å². The van der Waals surface area contributed by atoms with E-state index in [1.165, 1.54) is 0 Å². The summed E-state index contributed by atoms with van der Waals surface area (Å²) in [5.74, 6) is 5.17. The van der Waals surface area contributed by atoms with Crippen LogP contribution in [0.2, 0.25) is 0 Å². The number of aromatic nitrogens is 3. The Morgan fingerprint density at radius 3 is 2.20 bits per heavy atom. The summed E-state index contributed by atoms with van der Waals surface area (Å²) in [4.78, 5) is 8.37. The van der Waals surface area contributed by atoms with E-state index in [1.807, 2.05) is 0 Å². The smallest absolute Gasteiger partial charge is 0.212 e. The van der Waals surface area contributed by atoms with Crippen LogP contribution in [-0.4, -0.2) is 23.1 Å². The van der Waals surface area contributed by atoms with Crippen LogP contribution in [0.5, 0.6) is 0 Å². The topological polar surface area (TPSA) is 117 Å². The van der Waals surface area contributed by atoms with E-state index in [1.54, 1.807) is 24.3 Å². The van der Waals surface area contributed by atoms with Gasteiger partial charge in [0.05, 0.1) is 15.9 Å². The fraction of sp³-hybridized carbons (Fsp3) is 0. The molecule has 4 N–H and O–H groups in total. The molecule has 25 heavy (non-hydrogen) atoms. The number of halogens is 1. The van der Waals surface area contributed by atoms with Crippen molar-refractivity contribution in [3.63, 3.8) is 0 Å². The van der Waals surface area contributed by atoms with Crippen LogP contribution in [-0.2, 0) is 9.84 Å². The molecule has 0 saturated heterocycles. The van der Waals surface area contributed by atoms with Crippen LogP contribution in [0.3, 0.4) is 0 Å². The lowest BCUT2D eigenvalue weighted by Gasteiger charge is -2.04. The highest BCUT2D eigenvalue weighted by Crippen LogP contribution is 2.33. The standard InChI is InChI=1S/C16H12FN5O2S/c17-9-5-7-10(8-6-9)25(23,24)14-13-16(22(19)15(14)18)21-12-4-2-1-3-11(12)20-13/h1-8H,18-19H2. The number of fused-ring (bicyclic) bond motifs is 2. The summed E-state index contributed by atoms with van der Waals surface area (Å²) >= 11 is 0. The van der Waals surface area contributed by atoms with Crippen LogP contribution >= 0.6 is 0 Å². The molecule has 0 unspecified atom stereocenters. The van der Waals surface area contributed by atoms with E-state index < -0.39 is 15.7 Å². The van der Waals surface area contributed by atoms with Gasteiger partial charge in [-0.1, -0.05) is 12.1 Å². The Morgan fingerprint density at radius 2 is 1.56 bits per heavy atom. The van der Waals surface area contributed by atoms with E-state index in [0.29, 0.717) is 11.0 Å². The molecule has 4 aromatic rings. The van der Waals surface area contributed by atoms with Crippen molar-refractivity contribution < 1.29 is 12.8 Å². The molecule has 0 aliphatic heterocycles. The molecule has 2 aromatic carbocycles. The summed E-state index contributed by atoms with van der Waals surface area (Å²) in [5, 5.41) is 0. The number of anilines is 1. The van der Waals surface area contributed by atoms with Crippen molar-refractivity contribution in [2.75, 3.05) is 11.6 Å². The molecule has 0 saturated carbocycles. The van der Waals surface area contributed by atoms with Gasteiger partial charge in [0.25, 0.3) is 0 Å². The van der Waals surface area contributed by atoms with Gasteiger partial charge in [-0.05, 0) is 36.4 Å². The molecular formula is C16H12FN5O2S. The van der Waals surface area contributed by atoms with Gasteiger partial charge in [0.2, 0.25) is 9.84 Å². The Kier molecular flexibility index (Phi) is 3.16. The highest BCUT2D eigenvalue weighted by molar-refractivity contribution is 7.92. The zero-order valence-corrected chi connectivity index (χ0v) is 13.5. The summed E-state index contributed by atoms with van der Waals surface area (Å²) in [7, 11) is -4.06. The lowest BCUT2D eigenvalue weighted by Crippen LogP contribution is -2.13. The number of para-hydroxylation sites is 2. The molecule has 0 atom stereocenters. The van der Waals surface area contributed by atoms with E-state index in [0.717, 1.165) is 28.9 Å². The molecule has 0 amide bonds. The summed E-state index contributed by atoms with van der Waals surface area (Å²) in [5.41, 5.74) is 7.23. The first-order valence-electron chi connectivity index (χ1n) is 7.22. The van der Waals surface area contributed by atoms with Gasteiger partial charge in [-0.15, -0.1) is 0 Å². The molecule has 2 aromatic heterocycles. The lowest BCUT2D eigenvalue weighted by atomic mass is 10.3. The van der Waals surface area contributed by atoms with Crippen LogP contribution in [0.1, 0.15) is 0 Å². The fourth-order valence-electron chi connectivity index (χ4n) is 2.65. The predicted octanol–water partition coefficient (Wildman–Crippen LogP) is 1.85. The van der Waals surface area contributed by atoms with Crippen LogP contribution < -0.4 is 11.6 Å². The Hall–Kier alpha value is -3.20. The lowest BCUT2D eigenvalue weighted by molar-refractivity contribution is 0.595. The molecular weight excluding hydrogens is 345 g/mol. The van der Waals surface area contributed by atoms with E-state index in [2.05, 4.69) is 9.97 Å². The molecule has 0 fully saturated rings. The first-order chi connectivity index (χ1) is 11.9. The largest absolute Gasteiger partial charge is 0.382 e. The number of sulfone groups is 1. The van der Waals surface area contributed by atoms with Crippen molar-refractivity contribution in [1.82, 2.24) is 14.6 Å². The van der Waals surface area contributed by atoms with E-state index in [9.17, 15) is 12.8 Å². The third kappa shape index (κ3) is 2.20. The van der Waals surface area contributed by atoms with Gasteiger partial charge in [-0.2, -0.15) is 0 Å². The Morgan fingerprint density at radius 1 is 0.960 bits per heavy atom. The number of nitrogens with zero attached hydrogens (tertiary/aromatic N) is 3. The number of nitrogens with two attached hydrogens (primary N) is 2. The number of hydrogen-bond acceptors (Lipinski definition) is 6. The second-order valence-corrected chi connectivity index (χ2v) is 7.31. The van der Waals surface area contributed by atoms with Crippen molar-refractivity contribution in [1.29, 1.82) is 0 Å². The van der Waals surface area contributed by atoms with Gasteiger partial charge < -0.3 is 11.6 Å². The minimum absolute atomic E-state index is 0.0722. The number of benzene rings is 2. The molecule has 0 bridgehead atoms. The van der Waals surface area contributed by atoms with E-state index >= 15 is 0 Å². The van der Waals surface area contributed by atoms with Gasteiger partial charge in [0.1, 0.15) is 22.0 Å². The van der Waals surface area contributed by atoms with Crippen molar-refractivity contribution in [3.8, 4) is 0 Å². The Bertz CT molecular complexity index is 1230. The maximum Gasteiger partial charge on any atom is 0.212 e. The molecule has 4 rings (SSSR count). The molecule has 9 heteroatoms. The molecule has 0 aliphatic rings. The van der Waals surface area contributed by atoms with Gasteiger partial charge in [0.15, 0.2) is 5.65 Å².